The van der Waals surface area contributed by atoms with Crippen LogP contribution in [0, 0.1) is 6.92 Å². The molecule has 3 rings (SSSR count). The van der Waals surface area contributed by atoms with E-state index in [1.54, 1.807) is 44.4 Å². The fourth-order valence-corrected chi connectivity index (χ4v) is 3.34. The summed E-state index contributed by atoms with van der Waals surface area (Å²) in [5, 5.41) is 1.25. The van der Waals surface area contributed by atoms with Crippen molar-refractivity contribution in [2.45, 2.75) is 11.8 Å². The van der Waals surface area contributed by atoms with E-state index in [4.69, 9.17) is 20.8 Å². The Balaban J connectivity index is 1.62. The average Bonchev–Trinajstić information content (AvgIpc) is 3.00. The highest BCUT2D eigenvalue weighted by Gasteiger charge is 2.19. The van der Waals surface area contributed by atoms with Gasteiger partial charge in [0.05, 0.1) is 18.4 Å². The van der Waals surface area contributed by atoms with Gasteiger partial charge >= 0.3 is 0 Å². The monoisotopic (exact) mass is 404 g/mol. The number of hydrogen-bond donors (Lipinski definition) is 2. The first kappa shape index (κ1) is 19.1. The molecule has 0 spiro atoms. The van der Waals surface area contributed by atoms with Crippen LogP contribution in [0.25, 0.3) is 11.0 Å². The molecule has 0 aliphatic carbocycles. The lowest BCUT2D eigenvalue weighted by molar-refractivity contribution is -0.119. The van der Waals surface area contributed by atoms with Crippen molar-refractivity contribution in [2.75, 3.05) is 12.9 Å². The van der Waals surface area contributed by atoms with Gasteiger partial charge in [-0.2, -0.15) is 0 Å². The van der Waals surface area contributed by atoms with Gasteiger partial charge < -0.3 is 9.15 Å². The van der Waals surface area contributed by atoms with E-state index in [0.717, 1.165) is 4.90 Å². The van der Waals surface area contributed by atoms with Gasteiger partial charge in [-0.25, -0.2) is 0 Å². The third kappa shape index (κ3) is 4.56. The Morgan fingerprint density at radius 1 is 1.15 bits per heavy atom. The fraction of sp³-hybridized carbons (Fsp3) is 0.158. The van der Waals surface area contributed by atoms with Gasteiger partial charge in [-0.1, -0.05) is 11.6 Å². The number of halogens is 1. The van der Waals surface area contributed by atoms with Crippen LogP contribution in [-0.4, -0.2) is 24.7 Å². The fourth-order valence-electron chi connectivity index (χ4n) is 2.51. The average molecular weight is 405 g/mol. The number of furan rings is 1. The van der Waals surface area contributed by atoms with Gasteiger partial charge in [-0.05, 0) is 49.4 Å². The quantitative estimate of drug-likeness (QED) is 0.497. The first-order chi connectivity index (χ1) is 13.0. The summed E-state index contributed by atoms with van der Waals surface area (Å²) in [5.74, 6) is 0.442. The molecular formula is C19H17ClN2O4S. The maximum absolute atomic E-state index is 12.5. The number of fused-ring (bicyclic) bond motifs is 1. The number of carbonyl (C=O) groups excluding carboxylic acids is 2. The molecule has 8 heteroatoms. The molecule has 0 aliphatic rings. The predicted molar refractivity (Wildman–Crippen MR) is 105 cm³/mol. The molecule has 0 aliphatic heterocycles. The van der Waals surface area contributed by atoms with Crippen LogP contribution in [0.15, 0.2) is 51.8 Å². The third-order valence-electron chi connectivity index (χ3n) is 3.80. The van der Waals surface area contributed by atoms with E-state index in [-0.39, 0.29) is 11.7 Å². The summed E-state index contributed by atoms with van der Waals surface area (Å²) in [4.78, 5) is 25.4. The molecule has 0 atom stereocenters. The van der Waals surface area contributed by atoms with E-state index in [9.17, 15) is 9.59 Å². The van der Waals surface area contributed by atoms with Crippen molar-refractivity contribution in [1.82, 2.24) is 10.9 Å². The summed E-state index contributed by atoms with van der Waals surface area (Å²) >= 11 is 7.17. The van der Waals surface area contributed by atoms with Crippen molar-refractivity contribution in [3.05, 3.63) is 58.8 Å². The molecule has 2 amide bonds. The van der Waals surface area contributed by atoms with Gasteiger partial charge in [0, 0.05) is 15.3 Å². The van der Waals surface area contributed by atoms with Crippen LogP contribution in [-0.2, 0) is 4.79 Å². The lowest BCUT2D eigenvalue weighted by Crippen LogP contribution is -2.42. The Bertz CT molecular complexity index is 985. The minimum Gasteiger partial charge on any atom is -0.497 e. The number of hydrazine groups is 1. The molecule has 0 bridgehead atoms. The molecule has 140 valence electrons. The van der Waals surface area contributed by atoms with Crippen molar-refractivity contribution in [2.24, 2.45) is 0 Å². The van der Waals surface area contributed by atoms with Crippen molar-refractivity contribution in [3.63, 3.8) is 0 Å². The van der Waals surface area contributed by atoms with E-state index in [0.29, 0.717) is 33.1 Å². The SMILES string of the molecule is COc1ccc2oc(C)c(C(=O)NNC(=O)CSc3ccc(Cl)cc3)c2c1. The zero-order chi connectivity index (χ0) is 19.4. The largest absolute Gasteiger partial charge is 0.497 e. The maximum Gasteiger partial charge on any atom is 0.273 e. The van der Waals surface area contributed by atoms with Crippen molar-refractivity contribution in [3.8, 4) is 5.75 Å². The molecule has 2 N–H and O–H groups in total. The molecule has 0 unspecified atom stereocenters. The Labute approximate surface area is 165 Å². The van der Waals surface area contributed by atoms with E-state index < -0.39 is 5.91 Å². The van der Waals surface area contributed by atoms with Gasteiger partial charge in [0.2, 0.25) is 5.91 Å². The lowest BCUT2D eigenvalue weighted by atomic mass is 10.1. The number of rotatable bonds is 5. The van der Waals surface area contributed by atoms with E-state index >= 15 is 0 Å². The number of aryl methyl sites for hydroxylation is 1. The standard InChI is InChI=1S/C19H17ClN2O4S/c1-11-18(15-9-13(25-2)5-8-16(15)26-11)19(24)22-21-17(23)10-27-14-6-3-12(20)4-7-14/h3-9H,10H2,1-2H3,(H,21,23)(H,22,24). The highest BCUT2D eigenvalue weighted by Crippen LogP contribution is 2.28. The second-order valence-corrected chi connectivity index (χ2v) is 7.13. The van der Waals surface area contributed by atoms with Crippen LogP contribution in [0.1, 0.15) is 16.1 Å². The molecule has 0 saturated carbocycles. The minimum absolute atomic E-state index is 0.154. The van der Waals surface area contributed by atoms with Gasteiger partial charge in [-0.3, -0.25) is 20.4 Å². The highest BCUT2D eigenvalue weighted by molar-refractivity contribution is 8.00. The normalized spacial score (nSPS) is 10.6. The lowest BCUT2D eigenvalue weighted by Gasteiger charge is -2.07. The topological polar surface area (TPSA) is 80.6 Å². The van der Waals surface area contributed by atoms with Crippen LogP contribution in [0.2, 0.25) is 5.02 Å². The Kier molecular flexibility index (Phi) is 5.93. The van der Waals surface area contributed by atoms with Gasteiger partial charge in [-0.15, -0.1) is 11.8 Å². The number of thioether (sulfide) groups is 1. The van der Waals surface area contributed by atoms with Crippen LogP contribution < -0.4 is 15.6 Å². The smallest absolute Gasteiger partial charge is 0.273 e. The summed E-state index contributed by atoms with van der Waals surface area (Å²) in [6, 6.07) is 12.4. The summed E-state index contributed by atoms with van der Waals surface area (Å²) in [6.45, 7) is 1.69. The number of amides is 2. The van der Waals surface area contributed by atoms with Crippen LogP contribution >= 0.6 is 23.4 Å². The summed E-state index contributed by atoms with van der Waals surface area (Å²) in [6.07, 6.45) is 0. The van der Waals surface area contributed by atoms with Crippen LogP contribution in [0.3, 0.4) is 0 Å². The second-order valence-electron chi connectivity index (χ2n) is 5.64. The van der Waals surface area contributed by atoms with Gasteiger partial charge in [0.15, 0.2) is 0 Å². The highest BCUT2D eigenvalue weighted by atomic mass is 35.5. The second kappa shape index (κ2) is 8.37. The summed E-state index contributed by atoms with van der Waals surface area (Å²) in [5.41, 5.74) is 5.77. The molecule has 0 saturated heterocycles. The number of carbonyl (C=O) groups is 2. The predicted octanol–water partition coefficient (Wildman–Crippen LogP) is 3.96. The van der Waals surface area contributed by atoms with Crippen LogP contribution in [0.4, 0.5) is 0 Å². The molecule has 0 fully saturated rings. The molecule has 2 aromatic carbocycles. The summed E-state index contributed by atoms with van der Waals surface area (Å²) < 4.78 is 10.8. The molecular weight excluding hydrogens is 388 g/mol. The summed E-state index contributed by atoms with van der Waals surface area (Å²) in [7, 11) is 1.55. The Morgan fingerprint density at radius 3 is 2.59 bits per heavy atom. The Hall–Kier alpha value is -2.64. The van der Waals surface area contributed by atoms with E-state index in [1.165, 1.54) is 11.8 Å². The zero-order valence-corrected chi connectivity index (χ0v) is 16.2. The van der Waals surface area contributed by atoms with Crippen molar-refractivity contribution < 1.29 is 18.7 Å². The third-order valence-corrected chi connectivity index (χ3v) is 5.06. The van der Waals surface area contributed by atoms with Crippen molar-refractivity contribution in [1.29, 1.82) is 0 Å². The number of benzene rings is 2. The Morgan fingerprint density at radius 2 is 1.89 bits per heavy atom. The van der Waals surface area contributed by atoms with E-state index in [1.807, 2.05) is 12.1 Å². The van der Waals surface area contributed by atoms with Crippen molar-refractivity contribution >= 4 is 46.1 Å². The number of methoxy groups -OCH3 is 1. The van der Waals surface area contributed by atoms with E-state index in [2.05, 4.69) is 10.9 Å². The maximum atomic E-state index is 12.5. The molecule has 1 aromatic heterocycles. The molecule has 27 heavy (non-hydrogen) atoms. The zero-order valence-electron chi connectivity index (χ0n) is 14.7. The number of nitrogens with one attached hydrogen (secondary N) is 2. The van der Waals surface area contributed by atoms with Gasteiger partial charge in [0.1, 0.15) is 17.1 Å². The van der Waals surface area contributed by atoms with Gasteiger partial charge in [0.25, 0.3) is 5.91 Å². The first-order valence-corrected chi connectivity index (χ1v) is 9.39. The molecule has 6 nitrogen and oxygen atoms in total. The minimum atomic E-state index is -0.454. The molecule has 3 aromatic rings. The molecule has 1 heterocycles. The number of ether oxygens (including phenoxy) is 1. The van der Waals surface area contributed by atoms with Crippen LogP contribution in [0.5, 0.6) is 5.75 Å². The number of hydrogen-bond acceptors (Lipinski definition) is 5. The first-order valence-electron chi connectivity index (χ1n) is 8.02. The molecule has 0 radical (unpaired) electrons.